The molecule has 110 valence electrons. The van der Waals surface area contributed by atoms with E-state index in [2.05, 4.69) is 60.8 Å². The van der Waals surface area contributed by atoms with Gasteiger partial charge in [0, 0.05) is 19.0 Å². The fourth-order valence-electron chi connectivity index (χ4n) is 2.95. The number of hydrogen-bond donors (Lipinski definition) is 1. The van der Waals surface area contributed by atoms with Crippen molar-refractivity contribution in [2.24, 2.45) is 0 Å². The molecule has 1 aliphatic heterocycles. The normalized spacial score (nSPS) is 14.5. The monoisotopic (exact) mass is 281 g/mol. The van der Waals surface area contributed by atoms with Crippen molar-refractivity contribution >= 4 is 0 Å². The second-order valence-corrected chi connectivity index (χ2v) is 5.67. The lowest BCUT2D eigenvalue weighted by Crippen LogP contribution is -2.20. The second-order valence-electron chi connectivity index (χ2n) is 5.67. The van der Waals surface area contributed by atoms with E-state index in [1.807, 2.05) is 0 Å². The maximum atomic E-state index is 5.57. The highest BCUT2D eigenvalue weighted by Gasteiger charge is 2.13. The Hall–Kier alpha value is -1.80. The number of nitrogens with one attached hydrogen (secondary N) is 1. The Morgan fingerprint density at radius 3 is 2.81 bits per heavy atom. The molecule has 2 aromatic carbocycles. The van der Waals surface area contributed by atoms with Crippen molar-refractivity contribution in [1.82, 2.24) is 5.32 Å². The summed E-state index contributed by atoms with van der Waals surface area (Å²) in [6.07, 6.45) is 3.39. The molecule has 0 radical (unpaired) electrons. The summed E-state index contributed by atoms with van der Waals surface area (Å²) in [5, 5.41) is 3.70. The predicted molar refractivity (Wildman–Crippen MR) is 86.6 cm³/mol. The zero-order valence-electron chi connectivity index (χ0n) is 12.6. The van der Waals surface area contributed by atoms with Crippen molar-refractivity contribution in [3.05, 3.63) is 65.2 Å². The number of hydrogen-bond acceptors (Lipinski definition) is 2. The Labute approximate surface area is 127 Å². The van der Waals surface area contributed by atoms with Gasteiger partial charge in [-0.2, -0.15) is 0 Å². The second kappa shape index (κ2) is 6.77. The highest BCUT2D eigenvalue weighted by Crippen LogP contribution is 2.26. The van der Waals surface area contributed by atoms with Gasteiger partial charge < -0.3 is 10.1 Å². The first-order valence-electron chi connectivity index (χ1n) is 7.89. The van der Waals surface area contributed by atoms with Crippen LogP contribution < -0.4 is 10.1 Å². The van der Waals surface area contributed by atoms with Crippen molar-refractivity contribution in [2.45, 2.75) is 38.8 Å². The molecule has 1 aliphatic rings. The Kier molecular flexibility index (Phi) is 4.56. The van der Waals surface area contributed by atoms with E-state index in [0.717, 1.165) is 31.7 Å². The van der Waals surface area contributed by atoms with Gasteiger partial charge in [0.2, 0.25) is 0 Å². The number of fused-ring (bicyclic) bond motifs is 1. The Morgan fingerprint density at radius 1 is 1.14 bits per heavy atom. The van der Waals surface area contributed by atoms with E-state index in [0.29, 0.717) is 6.04 Å². The van der Waals surface area contributed by atoms with Crippen molar-refractivity contribution in [2.75, 3.05) is 6.61 Å². The molecule has 0 aromatic heterocycles. The quantitative estimate of drug-likeness (QED) is 0.854. The summed E-state index contributed by atoms with van der Waals surface area (Å²) < 4.78 is 5.57. The van der Waals surface area contributed by atoms with Gasteiger partial charge >= 0.3 is 0 Å². The SMILES string of the molecule is CCCC(NCc1ccc2c(c1)CCO2)c1ccccc1. The van der Waals surface area contributed by atoms with Gasteiger partial charge in [-0.1, -0.05) is 55.8 Å². The van der Waals surface area contributed by atoms with Crippen LogP contribution in [0.25, 0.3) is 0 Å². The van der Waals surface area contributed by atoms with E-state index in [-0.39, 0.29) is 0 Å². The number of ether oxygens (including phenoxy) is 1. The van der Waals surface area contributed by atoms with Crippen molar-refractivity contribution in [3.63, 3.8) is 0 Å². The number of benzene rings is 2. The summed E-state index contributed by atoms with van der Waals surface area (Å²) in [5.41, 5.74) is 4.07. The molecule has 0 saturated carbocycles. The standard InChI is InChI=1S/C19H23NO/c1-2-6-18(16-7-4-3-5-8-16)20-14-15-9-10-19-17(13-15)11-12-21-19/h3-5,7-10,13,18,20H,2,6,11-12,14H2,1H3. The van der Waals surface area contributed by atoms with Crippen molar-refractivity contribution < 1.29 is 4.74 Å². The van der Waals surface area contributed by atoms with Crippen LogP contribution in [0.3, 0.4) is 0 Å². The zero-order chi connectivity index (χ0) is 14.5. The van der Waals surface area contributed by atoms with E-state index in [1.54, 1.807) is 0 Å². The van der Waals surface area contributed by atoms with Crippen LogP contribution >= 0.6 is 0 Å². The molecule has 1 heterocycles. The van der Waals surface area contributed by atoms with Gasteiger partial charge in [-0.05, 0) is 29.2 Å². The fourth-order valence-corrected chi connectivity index (χ4v) is 2.95. The van der Waals surface area contributed by atoms with Gasteiger partial charge in [-0.3, -0.25) is 0 Å². The van der Waals surface area contributed by atoms with Crippen LogP contribution in [0.15, 0.2) is 48.5 Å². The predicted octanol–water partition coefficient (Wildman–Crippen LogP) is 4.25. The van der Waals surface area contributed by atoms with Crippen LogP contribution in [0.2, 0.25) is 0 Å². The van der Waals surface area contributed by atoms with Crippen LogP contribution in [-0.4, -0.2) is 6.61 Å². The highest BCUT2D eigenvalue weighted by molar-refractivity contribution is 5.39. The molecule has 0 fully saturated rings. The molecule has 0 bridgehead atoms. The summed E-state index contributed by atoms with van der Waals surface area (Å²) in [5.74, 6) is 1.06. The summed E-state index contributed by atoms with van der Waals surface area (Å²) >= 11 is 0. The summed E-state index contributed by atoms with van der Waals surface area (Å²) in [4.78, 5) is 0. The van der Waals surface area contributed by atoms with Gasteiger partial charge in [0.25, 0.3) is 0 Å². The van der Waals surface area contributed by atoms with Crippen LogP contribution in [0, 0.1) is 0 Å². The van der Waals surface area contributed by atoms with E-state index in [1.165, 1.54) is 23.1 Å². The van der Waals surface area contributed by atoms with Crippen LogP contribution in [-0.2, 0) is 13.0 Å². The van der Waals surface area contributed by atoms with Gasteiger partial charge in [-0.25, -0.2) is 0 Å². The first kappa shape index (κ1) is 14.2. The molecule has 0 aliphatic carbocycles. The molecule has 21 heavy (non-hydrogen) atoms. The fraction of sp³-hybridized carbons (Fsp3) is 0.368. The Morgan fingerprint density at radius 2 is 2.00 bits per heavy atom. The molecular formula is C19H23NO. The molecule has 0 amide bonds. The maximum Gasteiger partial charge on any atom is 0.122 e. The van der Waals surface area contributed by atoms with Crippen molar-refractivity contribution in [3.8, 4) is 5.75 Å². The van der Waals surface area contributed by atoms with Gasteiger partial charge in [-0.15, -0.1) is 0 Å². The highest BCUT2D eigenvalue weighted by atomic mass is 16.5. The molecule has 1 unspecified atom stereocenters. The molecule has 2 aromatic rings. The third kappa shape index (κ3) is 3.45. The molecule has 0 spiro atoms. The van der Waals surface area contributed by atoms with Crippen LogP contribution in [0.1, 0.15) is 42.5 Å². The van der Waals surface area contributed by atoms with Gasteiger partial charge in [0.05, 0.1) is 6.61 Å². The minimum absolute atomic E-state index is 0.431. The molecule has 1 N–H and O–H groups in total. The molecule has 1 atom stereocenters. The summed E-state index contributed by atoms with van der Waals surface area (Å²) in [6.45, 7) is 3.98. The van der Waals surface area contributed by atoms with Gasteiger partial charge in [0.15, 0.2) is 0 Å². The Bertz CT molecular complexity index is 579. The molecular weight excluding hydrogens is 258 g/mol. The first-order chi connectivity index (χ1) is 10.4. The maximum absolute atomic E-state index is 5.57. The molecule has 2 nitrogen and oxygen atoms in total. The zero-order valence-corrected chi connectivity index (χ0v) is 12.6. The minimum Gasteiger partial charge on any atom is -0.493 e. The lowest BCUT2D eigenvalue weighted by atomic mass is 10.0. The van der Waals surface area contributed by atoms with Gasteiger partial charge in [0.1, 0.15) is 5.75 Å². The van der Waals surface area contributed by atoms with Crippen LogP contribution in [0.5, 0.6) is 5.75 Å². The third-order valence-electron chi connectivity index (χ3n) is 4.09. The third-order valence-corrected chi connectivity index (χ3v) is 4.09. The lowest BCUT2D eigenvalue weighted by molar-refractivity contribution is 0.357. The number of rotatable bonds is 6. The Balaban J connectivity index is 1.67. The van der Waals surface area contributed by atoms with E-state index in [9.17, 15) is 0 Å². The molecule has 3 rings (SSSR count). The van der Waals surface area contributed by atoms with Crippen molar-refractivity contribution in [1.29, 1.82) is 0 Å². The topological polar surface area (TPSA) is 21.3 Å². The van der Waals surface area contributed by atoms with E-state index < -0.39 is 0 Å². The van der Waals surface area contributed by atoms with Crippen LogP contribution in [0.4, 0.5) is 0 Å². The summed E-state index contributed by atoms with van der Waals surface area (Å²) in [7, 11) is 0. The average Bonchev–Trinajstić information content (AvgIpc) is 3.00. The first-order valence-corrected chi connectivity index (χ1v) is 7.89. The lowest BCUT2D eigenvalue weighted by Gasteiger charge is -2.19. The summed E-state index contributed by atoms with van der Waals surface area (Å²) in [6, 6.07) is 17.7. The average molecular weight is 281 g/mol. The largest absolute Gasteiger partial charge is 0.493 e. The molecule has 2 heteroatoms. The van der Waals surface area contributed by atoms with E-state index >= 15 is 0 Å². The van der Waals surface area contributed by atoms with E-state index in [4.69, 9.17) is 4.74 Å². The smallest absolute Gasteiger partial charge is 0.122 e. The minimum atomic E-state index is 0.431. The molecule has 0 saturated heterocycles.